The fourth-order valence-electron chi connectivity index (χ4n) is 3.75. The fraction of sp³-hybridized carbons (Fsp3) is 0.250. The molecule has 0 saturated carbocycles. The van der Waals surface area contributed by atoms with Gasteiger partial charge in [-0.1, -0.05) is 35.9 Å². The molecular formula is C28H33ClN6O. The highest BCUT2D eigenvalue weighted by Gasteiger charge is 2.14. The van der Waals surface area contributed by atoms with E-state index in [2.05, 4.69) is 45.7 Å². The molecule has 36 heavy (non-hydrogen) atoms. The second-order valence-electron chi connectivity index (χ2n) is 8.43. The summed E-state index contributed by atoms with van der Waals surface area (Å²) >= 11 is 6.48. The normalized spacial score (nSPS) is 16.8. The van der Waals surface area contributed by atoms with Gasteiger partial charge in [-0.05, 0) is 75.1 Å². The van der Waals surface area contributed by atoms with E-state index in [0.717, 1.165) is 29.8 Å². The Kier molecular flexibility index (Phi) is 9.47. The average Bonchev–Trinajstić information content (AvgIpc) is 3.28. The van der Waals surface area contributed by atoms with Crippen molar-refractivity contribution >= 4 is 40.4 Å². The zero-order valence-electron chi connectivity index (χ0n) is 21.2. The van der Waals surface area contributed by atoms with Crippen molar-refractivity contribution in [3.63, 3.8) is 0 Å². The van der Waals surface area contributed by atoms with E-state index in [1.165, 1.54) is 5.56 Å². The molecule has 2 heterocycles. The maximum atomic E-state index is 12.8. The van der Waals surface area contributed by atoms with Gasteiger partial charge in [0.05, 0.1) is 17.6 Å². The Balaban J connectivity index is 0.00000115. The van der Waals surface area contributed by atoms with E-state index < -0.39 is 0 Å². The molecule has 1 aliphatic rings. The zero-order valence-corrected chi connectivity index (χ0v) is 21.9. The van der Waals surface area contributed by atoms with Crippen molar-refractivity contribution in [2.24, 2.45) is 12.0 Å². The third-order valence-corrected chi connectivity index (χ3v) is 5.77. The summed E-state index contributed by atoms with van der Waals surface area (Å²) in [6.07, 6.45) is 8.17. The molecule has 4 bridgehead atoms. The van der Waals surface area contributed by atoms with Gasteiger partial charge < -0.3 is 20.5 Å². The molecule has 4 rings (SSSR count). The number of hydrogen-bond donors (Lipinski definition) is 3. The second-order valence-corrected chi connectivity index (χ2v) is 8.84. The topological polar surface area (TPSA) is 83.3 Å². The van der Waals surface area contributed by atoms with Crippen molar-refractivity contribution < 1.29 is 4.79 Å². The summed E-state index contributed by atoms with van der Waals surface area (Å²) in [6, 6.07) is 14.3. The summed E-state index contributed by atoms with van der Waals surface area (Å²) < 4.78 is 1.69. The number of allylic oxidation sites excluding steroid dienone is 2. The maximum Gasteiger partial charge on any atom is 0.273 e. The van der Waals surface area contributed by atoms with Crippen LogP contribution in [0.3, 0.4) is 0 Å². The number of aryl methyl sites for hydroxylation is 3. The highest BCUT2D eigenvalue weighted by Crippen LogP contribution is 2.24. The van der Waals surface area contributed by atoms with E-state index in [1.54, 1.807) is 36.3 Å². The number of hydrogen-bond acceptors (Lipinski definition) is 5. The largest absolute Gasteiger partial charge is 0.364 e. The van der Waals surface area contributed by atoms with Crippen LogP contribution in [0.15, 0.2) is 83.7 Å². The summed E-state index contributed by atoms with van der Waals surface area (Å²) in [4.78, 5) is 21.6. The summed E-state index contributed by atoms with van der Waals surface area (Å²) in [6.45, 7) is 9.09. The number of carbonyl (C=O) groups excluding carboxylic acids is 1. The van der Waals surface area contributed by atoms with Crippen LogP contribution in [0, 0.1) is 0 Å². The quantitative estimate of drug-likeness (QED) is 0.362. The first-order valence-corrected chi connectivity index (χ1v) is 12.2. The number of amidine groups is 1. The molecule has 0 aliphatic carbocycles. The summed E-state index contributed by atoms with van der Waals surface area (Å²) in [5.74, 6) is 0.331. The number of nitrogens with one attached hydrogen (secondary N) is 3. The first-order chi connectivity index (χ1) is 17.3. The van der Waals surface area contributed by atoms with E-state index in [4.69, 9.17) is 16.6 Å². The lowest BCUT2D eigenvalue weighted by Crippen LogP contribution is -2.20. The molecule has 188 valence electrons. The summed E-state index contributed by atoms with van der Waals surface area (Å²) in [5, 5.41) is 10.3. The average molecular weight is 505 g/mol. The Morgan fingerprint density at radius 1 is 1.17 bits per heavy atom. The van der Waals surface area contributed by atoms with E-state index in [9.17, 15) is 4.79 Å². The van der Waals surface area contributed by atoms with Gasteiger partial charge >= 0.3 is 0 Å². The number of rotatable bonds is 3. The Morgan fingerprint density at radius 2 is 1.89 bits per heavy atom. The molecule has 3 aromatic rings. The molecule has 1 aliphatic heterocycles. The van der Waals surface area contributed by atoms with Crippen LogP contribution in [-0.4, -0.2) is 27.5 Å². The molecule has 2 aromatic carbocycles. The predicted molar refractivity (Wildman–Crippen MR) is 151 cm³/mol. The van der Waals surface area contributed by atoms with Crippen LogP contribution < -0.4 is 16.0 Å². The molecule has 1 amide bonds. The summed E-state index contributed by atoms with van der Waals surface area (Å²) in [7, 11) is 1.79. The van der Waals surface area contributed by atoms with Crippen molar-refractivity contribution in [2.45, 2.75) is 39.8 Å². The van der Waals surface area contributed by atoms with Crippen molar-refractivity contribution in [2.75, 3.05) is 16.0 Å². The Labute approximate surface area is 218 Å². The lowest BCUT2D eigenvalue weighted by atomic mass is 10.0. The Hall–Kier alpha value is -3.84. The van der Waals surface area contributed by atoms with Crippen molar-refractivity contribution in [1.82, 2.24) is 9.55 Å². The van der Waals surface area contributed by atoms with Gasteiger partial charge in [0.2, 0.25) is 0 Å². The van der Waals surface area contributed by atoms with Crippen molar-refractivity contribution in [3.05, 3.63) is 95.6 Å². The van der Waals surface area contributed by atoms with Gasteiger partial charge in [0.15, 0.2) is 0 Å². The first kappa shape index (κ1) is 26.8. The minimum absolute atomic E-state index is 0.204. The number of nitrogens with zero attached hydrogens (tertiary/aromatic N) is 3. The van der Waals surface area contributed by atoms with E-state index in [1.807, 2.05) is 45.0 Å². The number of aliphatic imine (C=N–C) groups is 1. The lowest BCUT2D eigenvalue weighted by molar-refractivity contribution is 0.101. The van der Waals surface area contributed by atoms with Crippen LogP contribution in [0.25, 0.3) is 0 Å². The Bertz CT molecular complexity index is 1280. The fourth-order valence-corrected chi connectivity index (χ4v) is 3.85. The van der Waals surface area contributed by atoms with Crippen LogP contribution in [0.5, 0.6) is 0 Å². The second kappa shape index (κ2) is 12.7. The number of imidazole rings is 1. The number of halogens is 1. The minimum atomic E-state index is -0.220. The van der Waals surface area contributed by atoms with Gasteiger partial charge in [-0.2, -0.15) is 0 Å². The van der Waals surface area contributed by atoms with Crippen molar-refractivity contribution in [3.8, 4) is 0 Å². The minimum Gasteiger partial charge on any atom is -0.364 e. The summed E-state index contributed by atoms with van der Waals surface area (Å²) in [5.41, 5.74) is 5.28. The molecule has 0 saturated heterocycles. The van der Waals surface area contributed by atoms with Gasteiger partial charge in [-0.3, -0.25) is 4.79 Å². The molecule has 0 fully saturated rings. The van der Waals surface area contributed by atoms with E-state index >= 15 is 0 Å². The Morgan fingerprint density at radius 3 is 2.58 bits per heavy atom. The third kappa shape index (κ3) is 7.33. The molecule has 1 aromatic heterocycles. The zero-order chi connectivity index (χ0) is 26.1. The van der Waals surface area contributed by atoms with Gasteiger partial charge in [0, 0.05) is 24.1 Å². The molecule has 0 radical (unpaired) electrons. The van der Waals surface area contributed by atoms with E-state index in [-0.39, 0.29) is 12.1 Å². The van der Waals surface area contributed by atoms with Crippen molar-refractivity contribution in [1.29, 1.82) is 0 Å². The number of carbonyl (C=O) groups is 1. The van der Waals surface area contributed by atoms with Crippen LogP contribution in [0.2, 0.25) is 0 Å². The van der Waals surface area contributed by atoms with Crippen LogP contribution in [0.4, 0.5) is 17.1 Å². The van der Waals surface area contributed by atoms with Gasteiger partial charge in [-0.25, -0.2) is 9.98 Å². The smallest absolute Gasteiger partial charge is 0.273 e. The maximum absolute atomic E-state index is 12.8. The monoisotopic (exact) mass is 504 g/mol. The van der Waals surface area contributed by atoms with E-state index in [0.29, 0.717) is 22.2 Å². The molecule has 8 heteroatoms. The lowest BCUT2D eigenvalue weighted by Gasteiger charge is -2.16. The van der Waals surface area contributed by atoms with Crippen LogP contribution in [-0.2, 0) is 19.9 Å². The van der Waals surface area contributed by atoms with Gasteiger partial charge in [-0.15, -0.1) is 6.58 Å². The van der Waals surface area contributed by atoms with Crippen LogP contribution >= 0.6 is 11.6 Å². The van der Waals surface area contributed by atoms with Gasteiger partial charge in [0.25, 0.3) is 5.91 Å². The predicted octanol–water partition coefficient (Wildman–Crippen LogP) is 6.37. The molecule has 1 unspecified atom stereocenters. The number of fused-ring (bicyclic) bond motifs is 4. The first-order valence-electron chi connectivity index (χ1n) is 11.8. The molecule has 3 N–H and O–H groups in total. The highest BCUT2D eigenvalue weighted by atomic mass is 35.5. The third-order valence-electron chi connectivity index (χ3n) is 5.37. The highest BCUT2D eigenvalue weighted by molar-refractivity contribution is 6.45. The SMILES string of the molecule is C/C=C(Cl)\C1=N/C(C)Nc2cccc(c2)CCc2cc(NC(=O)c3cncn3C)cc(c2)N1.C=CC. The number of benzene rings is 2. The van der Waals surface area contributed by atoms with Gasteiger partial charge in [0.1, 0.15) is 17.7 Å². The standard InChI is InChI=1S/C25H27ClN6O.C3H6/c1-4-22(26)24-29-16(2)28-19-7-5-6-17(10-19)8-9-18-11-20(30-24)13-21(12-18)31-25(33)23-14-27-15-32(23)3;1-3-2/h4-7,10-16,28H,8-9H2,1-3H3,(H,29,30)(H,31,33);3H,1H2,2H3/b22-4+;. The number of aromatic nitrogens is 2. The molecule has 7 nitrogen and oxygen atoms in total. The molecule has 0 spiro atoms. The molecular weight excluding hydrogens is 472 g/mol. The number of anilines is 3. The molecule has 1 atom stereocenters. The number of amides is 1. The van der Waals surface area contributed by atoms with Crippen LogP contribution in [0.1, 0.15) is 42.4 Å².